The Morgan fingerprint density at radius 3 is 2.76 bits per heavy atom. The van der Waals surface area contributed by atoms with Gasteiger partial charge in [-0.15, -0.1) is 22.7 Å². The second kappa shape index (κ2) is 8.71. The average molecular weight is 500 g/mol. The molecule has 2 aliphatic rings. The number of carboxylic acid groups (broad SMARTS) is 1. The van der Waals surface area contributed by atoms with Crippen molar-refractivity contribution in [2.45, 2.75) is 63.6 Å². The minimum absolute atomic E-state index is 0.0200. The number of rotatable bonds is 6. The van der Waals surface area contributed by atoms with Crippen molar-refractivity contribution in [2.24, 2.45) is 0 Å². The van der Waals surface area contributed by atoms with Crippen LogP contribution in [0.25, 0.3) is 10.6 Å². The normalized spacial score (nSPS) is 22.6. The molecule has 11 heteroatoms. The Hall–Kier alpha value is -2.89. The summed E-state index contributed by atoms with van der Waals surface area (Å²) in [7, 11) is 0. The summed E-state index contributed by atoms with van der Waals surface area (Å²) < 4.78 is 0. The number of aliphatic hydroxyl groups excluding tert-OH is 1. The predicted octanol–water partition coefficient (Wildman–Crippen LogP) is 4.38. The monoisotopic (exact) mass is 499 g/mol. The smallest absolute Gasteiger partial charge is 0.329 e. The van der Waals surface area contributed by atoms with Crippen LogP contribution in [0.1, 0.15) is 66.2 Å². The molecule has 34 heavy (non-hydrogen) atoms. The molecule has 178 valence electrons. The number of fused-ring (bicyclic) bond motifs is 2. The third-order valence-corrected chi connectivity index (χ3v) is 8.72. The molecule has 3 aromatic rings. The maximum atomic E-state index is 13.3. The number of anilines is 2. The van der Waals surface area contributed by atoms with E-state index < -0.39 is 17.6 Å². The zero-order valence-corrected chi connectivity index (χ0v) is 20.4. The van der Waals surface area contributed by atoms with Gasteiger partial charge in [-0.3, -0.25) is 4.79 Å². The van der Waals surface area contributed by atoms with E-state index in [2.05, 4.69) is 20.3 Å². The lowest BCUT2D eigenvalue weighted by molar-refractivity contribution is -0.150. The van der Waals surface area contributed by atoms with Crippen LogP contribution in [0.2, 0.25) is 0 Å². The minimum Gasteiger partial charge on any atom is -0.479 e. The van der Waals surface area contributed by atoms with Gasteiger partial charge in [-0.2, -0.15) is 0 Å². The number of amides is 1. The number of aliphatic carboxylic acids is 1. The van der Waals surface area contributed by atoms with E-state index in [0.29, 0.717) is 34.4 Å². The Bertz CT molecular complexity index is 1230. The second-order valence-corrected chi connectivity index (χ2v) is 10.7. The number of carbonyl (C=O) groups excluding carboxylic acids is 1. The number of carboxylic acids is 1. The van der Waals surface area contributed by atoms with Gasteiger partial charge < -0.3 is 20.4 Å². The number of hydrogen-bond acceptors (Lipinski definition) is 9. The molecule has 0 radical (unpaired) electrons. The maximum Gasteiger partial charge on any atom is 0.329 e. The highest BCUT2D eigenvalue weighted by Crippen LogP contribution is 2.45. The van der Waals surface area contributed by atoms with Gasteiger partial charge in [0.2, 0.25) is 0 Å². The summed E-state index contributed by atoms with van der Waals surface area (Å²) in [5, 5.41) is 26.0. The number of aromatic nitrogens is 3. The van der Waals surface area contributed by atoms with E-state index in [9.17, 15) is 19.8 Å². The number of aryl methyl sites for hydroxylation is 1. The Labute approximate surface area is 204 Å². The fraction of sp³-hybridized carbons (Fsp3) is 0.435. The highest BCUT2D eigenvalue weighted by molar-refractivity contribution is 7.17. The number of thiazole rings is 2. The zero-order chi connectivity index (χ0) is 24.0. The molecular formula is C23H25N5O4S2. The lowest BCUT2D eigenvalue weighted by Crippen LogP contribution is -2.57. The Morgan fingerprint density at radius 1 is 1.26 bits per heavy atom. The summed E-state index contributed by atoms with van der Waals surface area (Å²) in [6, 6.07) is 3.36. The summed E-state index contributed by atoms with van der Waals surface area (Å²) in [5.41, 5.74) is 0.900. The van der Waals surface area contributed by atoms with Crippen LogP contribution in [0.15, 0.2) is 23.7 Å². The minimum atomic E-state index is -1.09. The van der Waals surface area contributed by atoms with E-state index in [1.54, 1.807) is 24.0 Å². The number of aliphatic hydroxyl groups is 1. The molecule has 2 saturated heterocycles. The van der Waals surface area contributed by atoms with Crippen LogP contribution in [-0.4, -0.2) is 53.5 Å². The van der Waals surface area contributed by atoms with Crippen LogP contribution in [0.3, 0.4) is 0 Å². The van der Waals surface area contributed by atoms with Crippen molar-refractivity contribution < 1.29 is 19.8 Å². The standard InChI is InChI=1S/C23H25N5O4S2/c1-12-18(34-19(25-12)13(2)29)16-11-33-22(26-16)27-17-6-5-14(10-24-17)20(30)28-15-4-3-8-23(28,9-7-15)21(31)32/h5-6,10-11,13,15,29H,3-4,7-9H2,1-2H3,(H,31,32)(H,24,26,27)/t13?,15-,23+/m0/s1. The van der Waals surface area contributed by atoms with E-state index in [0.717, 1.165) is 35.5 Å². The van der Waals surface area contributed by atoms with Gasteiger partial charge in [-0.05, 0) is 58.1 Å². The highest BCUT2D eigenvalue weighted by atomic mass is 32.1. The van der Waals surface area contributed by atoms with Crippen molar-refractivity contribution in [3.63, 3.8) is 0 Å². The Balaban J connectivity index is 1.31. The van der Waals surface area contributed by atoms with Crippen LogP contribution >= 0.6 is 22.7 Å². The third kappa shape index (κ3) is 3.87. The molecule has 2 fully saturated rings. The molecule has 3 N–H and O–H groups in total. The Morgan fingerprint density at radius 2 is 2.09 bits per heavy atom. The molecule has 0 aliphatic carbocycles. The molecule has 9 nitrogen and oxygen atoms in total. The van der Waals surface area contributed by atoms with Crippen LogP contribution in [0.4, 0.5) is 10.9 Å². The van der Waals surface area contributed by atoms with Crippen molar-refractivity contribution in [2.75, 3.05) is 5.32 Å². The van der Waals surface area contributed by atoms with Crippen molar-refractivity contribution in [3.8, 4) is 10.6 Å². The van der Waals surface area contributed by atoms with Gasteiger partial charge in [0.05, 0.1) is 21.8 Å². The Kier molecular flexibility index (Phi) is 5.86. The molecule has 5 rings (SSSR count). The number of nitrogens with one attached hydrogen (secondary N) is 1. The second-order valence-electron chi connectivity index (χ2n) is 8.83. The molecule has 0 aromatic carbocycles. The zero-order valence-electron chi connectivity index (χ0n) is 18.8. The number of piperidine rings is 1. The highest BCUT2D eigenvalue weighted by Gasteiger charge is 2.56. The van der Waals surface area contributed by atoms with Gasteiger partial charge >= 0.3 is 5.97 Å². The fourth-order valence-corrected chi connectivity index (χ4v) is 6.69. The molecule has 1 unspecified atom stereocenters. The quantitative estimate of drug-likeness (QED) is 0.456. The van der Waals surface area contributed by atoms with Crippen molar-refractivity contribution in [1.82, 2.24) is 19.9 Å². The maximum absolute atomic E-state index is 13.3. The van der Waals surface area contributed by atoms with E-state index in [1.807, 2.05) is 12.3 Å². The van der Waals surface area contributed by atoms with Crippen LogP contribution < -0.4 is 5.32 Å². The lowest BCUT2D eigenvalue weighted by atomic mass is 9.87. The summed E-state index contributed by atoms with van der Waals surface area (Å²) in [6.07, 6.45) is 4.29. The lowest BCUT2D eigenvalue weighted by Gasteiger charge is -2.41. The number of carbonyl (C=O) groups is 2. The van der Waals surface area contributed by atoms with Gasteiger partial charge in [0.1, 0.15) is 22.5 Å². The van der Waals surface area contributed by atoms with Gasteiger partial charge in [-0.1, -0.05) is 0 Å². The van der Waals surface area contributed by atoms with Crippen molar-refractivity contribution >= 4 is 45.5 Å². The number of nitrogens with zero attached hydrogens (tertiary/aromatic N) is 4. The largest absolute Gasteiger partial charge is 0.479 e. The van der Waals surface area contributed by atoms with E-state index >= 15 is 0 Å². The first-order chi connectivity index (χ1) is 16.3. The van der Waals surface area contributed by atoms with Crippen LogP contribution in [0.5, 0.6) is 0 Å². The molecule has 5 heterocycles. The molecule has 0 spiro atoms. The molecular weight excluding hydrogens is 474 g/mol. The fourth-order valence-electron chi connectivity index (χ4n) is 4.94. The molecule has 1 amide bonds. The van der Waals surface area contributed by atoms with E-state index in [-0.39, 0.29) is 11.9 Å². The summed E-state index contributed by atoms with van der Waals surface area (Å²) in [4.78, 5) is 41.2. The van der Waals surface area contributed by atoms with Crippen LogP contribution in [-0.2, 0) is 4.79 Å². The van der Waals surface area contributed by atoms with Crippen molar-refractivity contribution in [3.05, 3.63) is 40.0 Å². The molecule has 3 atom stereocenters. The van der Waals surface area contributed by atoms with Gasteiger partial charge in [0, 0.05) is 17.6 Å². The molecule has 2 bridgehead atoms. The van der Waals surface area contributed by atoms with Gasteiger partial charge in [-0.25, -0.2) is 19.7 Å². The molecule has 0 saturated carbocycles. The van der Waals surface area contributed by atoms with Gasteiger partial charge in [0.15, 0.2) is 5.13 Å². The first-order valence-electron chi connectivity index (χ1n) is 11.2. The van der Waals surface area contributed by atoms with E-state index in [1.165, 1.54) is 28.9 Å². The summed E-state index contributed by atoms with van der Waals surface area (Å²) >= 11 is 2.85. The first-order valence-corrected chi connectivity index (χ1v) is 12.9. The van der Waals surface area contributed by atoms with Gasteiger partial charge in [0.25, 0.3) is 5.91 Å². The first kappa shape index (κ1) is 22.9. The number of hydrogen-bond donors (Lipinski definition) is 3. The predicted molar refractivity (Wildman–Crippen MR) is 130 cm³/mol. The summed E-state index contributed by atoms with van der Waals surface area (Å²) in [5.74, 6) is -0.641. The molecule has 3 aromatic heterocycles. The van der Waals surface area contributed by atoms with Crippen LogP contribution in [0, 0.1) is 6.92 Å². The summed E-state index contributed by atoms with van der Waals surface area (Å²) in [6.45, 7) is 3.58. The average Bonchev–Trinajstić information content (AvgIpc) is 3.49. The van der Waals surface area contributed by atoms with E-state index in [4.69, 9.17) is 0 Å². The SMILES string of the molecule is Cc1nc(C(C)O)sc1-c1csc(Nc2ccc(C(=O)N3[C@H]4CCC[C@]3(C(=O)O)CC4)cn2)n1. The molecule has 2 aliphatic heterocycles. The third-order valence-electron chi connectivity index (χ3n) is 6.61. The number of pyridine rings is 1. The topological polar surface area (TPSA) is 129 Å². The van der Waals surface area contributed by atoms with Crippen molar-refractivity contribution in [1.29, 1.82) is 0 Å².